The molecule has 3 aliphatic rings. The Balaban J connectivity index is 0.000000519. The Bertz CT molecular complexity index is 5010. The molecular weight excluding hydrogens is 1880 g/mol. The van der Waals surface area contributed by atoms with Gasteiger partial charge in [0.15, 0.2) is 28.9 Å². The molecule has 3 heterocycles. The molecular formula is C108H153N8O23Pd-. The molecule has 774 valence electrons. The number of benzene rings is 6. The van der Waals surface area contributed by atoms with Crippen LogP contribution in [-0.2, 0) is 107 Å². The van der Waals surface area contributed by atoms with Crippen LogP contribution in [0.25, 0.3) is 33.4 Å². The van der Waals surface area contributed by atoms with Crippen LogP contribution in [0.4, 0.5) is 9.59 Å². The number of nitrogens with zero attached hydrogens (tertiary/aromatic N) is 2. The molecule has 0 aliphatic carbocycles. The van der Waals surface area contributed by atoms with Gasteiger partial charge in [-0.3, -0.25) is 57.5 Å². The summed E-state index contributed by atoms with van der Waals surface area (Å²) in [4.78, 5) is 182. The van der Waals surface area contributed by atoms with Crippen molar-refractivity contribution in [3.63, 3.8) is 0 Å². The van der Waals surface area contributed by atoms with Crippen molar-refractivity contribution in [2.45, 2.75) is 274 Å². The number of carbonyl (C=O) groups is 14. The molecule has 0 radical (unpaired) electrons. The maximum absolute atomic E-state index is 14.1. The minimum Gasteiger partial charge on any atom is -0.496 e. The molecule has 3 aliphatic heterocycles. The van der Waals surface area contributed by atoms with Crippen molar-refractivity contribution >= 4 is 82.4 Å². The fourth-order valence-corrected chi connectivity index (χ4v) is 16.4. The molecule has 6 aromatic rings. The quantitative estimate of drug-likeness (QED) is 0.0136. The molecule has 6 aromatic carbocycles. The Morgan fingerprint density at radius 2 is 0.721 bits per heavy atom. The first-order chi connectivity index (χ1) is 64.6. The predicted octanol–water partition coefficient (Wildman–Crippen LogP) is 16.6. The smallest absolute Gasteiger partial charge is 0.407 e. The second-order valence-corrected chi connectivity index (χ2v) is 37.7. The Labute approximate surface area is 841 Å². The third kappa shape index (κ3) is 36.0. The molecule has 0 unspecified atom stereocenters. The van der Waals surface area contributed by atoms with Crippen molar-refractivity contribution in [1.82, 2.24) is 36.4 Å². The first kappa shape index (κ1) is 122. The van der Waals surface area contributed by atoms with E-state index in [-0.39, 0.29) is 126 Å². The molecule has 0 aromatic heterocycles. The van der Waals surface area contributed by atoms with Crippen LogP contribution in [0.2, 0.25) is 0 Å². The Hall–Kier alpha value is -11.9. The predicted molar refractivity (Wildman–Crippen MR) is 537 cm³/mol. The number of nitrogens with one attached hydrogen (secondary N) is 5. The molecule has 0 saturated carbocycles. The molecule has 7 amide bonds. The second-order valence-electron chi connectivity index (χ2n) is 37.7. The monoisotopic (exact) mass is 2040 g/mol. The molecule has 140 heavy (non-hydrogen) atoms. The third-order valence-corrected chi connectivity index (χ3v) is 24.3. The van der Waals surface area contributed by atoms with Gasteiger partial charge >= 0.3 is 18.2 Å². The average molecular weight is 2040 g/mol. The van der Waals surface area contributed by atoms with Gasteiger partial charge in [0.05, 0.1) is 72.7 Å². The number of likely N-dealkylation sites (N-methyl/N-ethyl adjacent to an activating group) is 2. The summed E-state index contributed by atoms with van der Waals surface area (Å²) in [6.45, 7) is 28.4. The number of amides is 7. The molecule has 32 heteroatoms. The molecule has 12 atom stereocenters. The molecule has 8 N–H and O–H groups in total. The normalized spacial score (nSPS) is 18.7. The van der Waals surface area contributed by atoms with E-state index in [1.165, 1.54) is 44.7 Å². The fraction of sp³-hybridized carbons (Fsp3) is 0.528. The van der Waals surface area contributed by atoms with Gasteiger partial charge in [0, 0.05) is 130 Å². The maximum Gasteiger partial charge on any atom is 0.407 e. The summed E-state index contributed by atoms with van der Waals surface area (Å²) >= 11 is 0. The number of rotatable bonds is 28. The first-order valence-electron chi connectivity index (χ1n) is 47.1. The van der Waals surface area contributed by atoms with E-state index in [0.717, 1.165) is 52.6 Å². The number of hydrogen-bond acceptors (Lipinski definition) is 23. The second kappa shape index (κ2) is 57.8. The minimum atomic E-state index is -1.07. The van der Waals surface area contributed by atoms with E-state index in [2.05, 4.69) is 33.5 Å². The van der Waals surface area contributed by atoms with Crippen LogP contribution in [0.1, 0.15) is 253 Å². The van der Waals surface area contributed by atoms with Gasteiger partial charge < -0.3 is 92.5 Å². The summed E-state index contributed by atoms with van der Waals surface area (Å²) in [5.41, 5.74) is 13.9. The largest absolute Gasteiger partial charge is 0.496 e. The summed E-state index contributed by atoms with van der Waals surface area (Å²) < 4.78 is 44.6. The summed E-state index contributed by atoms with van der Waals surface area (Å²) in [7, 11) is 12.5. The van der Waals surface area contributed by atoms with E-state index < -0.39 is 107 Å². The van der Waals surface area contributed by atoms with Gasteiger partial charge in [-0.25, -0.2) is 9.59 Å². The first-order valence-corrected chi connectivity index (χ1v) is 47.1. The van der Waals surface area contributed by atoms with Crippen molar-refractivity contribution in [1.29, 1.82) is 0 Å². The van der Waals surface area contributed by atoms with E-state index in [0.29, 0.717) is 132 Å². The summed E-state index contributed by atoms with van der Waals surface area (Å²) in [5, 5.41) is 22.3. The number of alkyl carbamates (subject to hydrolysis) is 2. The number of carboxylic acids is 1. The van der Waals surface area contributed by atoms with Gasteiger partial charge in [-0.2, -0.15) is 0 Å². The van der Waals surface area contributed by atoms with Gasteiger partial charge in [0.1, 0.15) is 63.6 Å². The molecule has 0 saturated heterocycles. The van der Waals surface area contributed by atoms with Crippen molar-refractivity contribution in [2.24, 2.45) is 35.3 Å². The number of hydrogen-bond donors (Lipinski definition) is 7. The number of unbranched alkanes of at least 4 members (excludes halogenated alkanes) is 3. The number of methoxy groups -OCH3 is 6. The zero-order valence-electron chi connectivity index (χ0n) is 85.8. The van der Waals surface area contributed by atoms with Crippen LogP contribution < -0.4 is 60.7 Å². The summed E-state index contributed by atoms with van der Waals surface area (Å²) in [5.74, 6) is -3.17. The van der Waals surface area contributed by atoms with E-state index >= 15 is 0 Å². The zero-order valence-corrected chi connectivity index (χ0v) is 87.3. The van der Waals surface area contributed by atoms with E-state index in [1.807, 2.05) is 80.6 Å². The van der Waals surface area contributed by atoms with Crippen LogP contribution in [0.3, 0.4) is 0 Å². The van der Waals surface area contributed by atoms with Crippen LogP contribution in [0.5, 0.6) is 34.5 Å². The fourth-order valence-electron chi connectivity index (χ4n) is 16.4. The van der Waals surface area contributed by atoms with Gasteiger partial charge in [-0.1, -0.05) is 112 Å². The zero-order chi connectivity index (χ0) is 102. The van der Waals surface area contributed by atoms with Crippen LogP contribution in [0.15, 0.2) is 109 Å². The number of nitrogens with two attached hydrogens (primary N) is 1. The average Bonchev–Trinajstić information content (AvgIpc) is 0.783. The standard InChI is InChI=1S/C37H51N3O8.C36H50N4O8.C26H31NO5.C7H14O2.CH4.CH3.Pd/c1-22(12-10-11-17-38-36(45)48-37(4,5)6)35(44)40(7)33-26-14-16-32(47-9)28(21-26)27-19-25(13-15-31(27)46-8)20-29(24(3)41)39-34(43)23(2)18-30(33)42;1-21-17-29(42)32(40(6)34(44)27(37)11-9-10-16-38-35(45)48-36(3,4)5)24-13-15-31(47-8)26(20-24)25-18-23(12-14-30(25)46-7)19-28(22(2)41)39-33(21)43;1-6-19-18-8-10-25(32-5)21(14-18)20-12-17(7-9-24(20)31-4)13-22(16(3)28)27-26(30)15(2)11-23(19)29;1-3-4-5-6(2)7(8)9;;;/h13-16,19,21-23,29,33H,10-12,17-18,20H2,1-9H3,(H,38,45)(H,39,43);12-15,18,20-21,27-28,32H,9-11,16-17,19,37H2,1-8H3,(H,38,45)(H,39,43);7-10,12,14-15,19,22H,6,11,13H2,1-5H3,(H,27,30);6H,3-5H2,1-2H3,(H,8,9);1H4;1H3;/q;;;;;-1;/t22-,23+,29-,33-;21-,27+,28+,32+;15-,19+,22+;6-;;;/m0110.../s1. The number of fused-ring (bicyclic) bond motifs is 15. The van der Waals surface area contributed by atoms with Crippen molar-refractivity contribution in [3.05, 3.63) is 150 Å². The van der Waals surface area contributed by atoms with Gasteiger partial charge in [-0.15, -0.1) is 0 Å². The van der Waals surface area contributed by atoms with Gasteiger partial charge in [-0.05, 0) is 233 Å². The molecule has 9 rings (SSSR count). The SMILES string of the molecule is C.CCCC[C@H](C)C(=O)O.CC[C@@H]1C(=O)C[C@@H](C)C(=O)N[C@H](C(C)=O)Cc2ccc(OC)c(c2)-c2cc1ccc2OC.COc1ccc2cc1-c1cc(ccc1OC)[C@H](N(C)C(=O)[C@@H](C)CCCCNC(=O)OC(C)(C)C)C(=O)C[C@@H](C)C(=O)N[C@H](C(C)=O)C2.COc1ccc2cc1-c1cc(ccc1OC)[C@H](N(C)C(=O)[C@@H](N)CCCCNC(=O)OC(C)(C)C)C(=O)C[C@@H](C)C(=O)N[C@H](C(C)=O)C2.[CH3-].[Pd]. The number of carbonyl (C=O) groups excluding carboxylic acids is 13. The number of ether oxygens (including phenoxy) is 8. The summed E-state index contributed by atoms with van der Waals surface area (Å²) in [6, 6.07) is 27.9. The van der Waals surface area contributed by atoms with E-state index in [9.17, 15) is 67.1 Å². The van der Waals surface area contributed by atoms with E-state index in [4.69, 9.17) is 48.7 Å². The Kier molecular flexibility index (Phi) is 50.4. The minimum absolute atomic E-state index is 0. The molecule has 0 fully saturated rings. The van der Waals surface area contributed by atoms with Crippen LogP contribution in [-0.4, -0.2) is 203 Å². The number of aliphatic carboxylic acids is 1. The van der Waals surface area contributed by atoms with Crippen molar-refractivity contribution in [2.75, 3.05) is 69.8 Å². The summed E-state index contributed by atoms with van der Waals surface area (Å²) in [6.07, 6.45) is 6.49. The molecule has 0 spiro atoms. The van der Waals surface area contributed by atoms with E-state index in [1.54, 1.807) is 154 Å². The Morgan fingerprint density at radius 1 is 0.429 bits per heavy atom. The topological polar surface area (TPSA) is 426 Å². The third-order valence-electron chi connectivity index (χ3n) is 24.3. The molecule has 31 nitrogen and oxygen atoms in total. The van der Waals surface area contributed by atoms with Crippen LogP contribution >= 0.6 is 0 Å². The molecule has 12 bridgehead atoms. The van der Waals surface area contributed by atoms with Gasteiger partial charge in [0.2, 0.25) is 29.5 Å². The van der Waals surface area contributed by atoms with Gasteiger partial charge in [0.25, 0.3) is 0 Å². The number of ketones is 6. The number of Topliss-reactive ketones (excluding diaryl/α,β-unsaturated/α-hetero) is 6. The maximum atomic E-state index is 14.1. The number of carboxylic acid groups (broad SMARTS) is 1. The van der Waals surface area contributed by atoms with Crippen molar-refractivity contribution < 1.29 is 131 Å². The Morgan fingerprint density at radius 3 is 1.03 bits per heavy atom. The van der Waals surface area contributed by atoms with Crippen LogP contribution in [0, 0.1) is 37.0 Å². The van der Waals surface area contributed by atoms with Crippen molar-refractivity contribution in [3.8, 4) is 67.9 Å².